The van der Waals surface area contributed by atoms with Crippen LogP contribution in [0.4, 0.5) is 0 Å². The Morgan fingerprint density at radius 3 is 1.30 bits per heavy atom. The molecule has 27 heteroatoms. The Balaban J connectivity index is 1.57. The van der Waals surface area contributed by atoms with Gasteiger partial charge in [0.25, 0.3) is 0 Å². The number of esters is 1. The molecule has 0 spiro atoms. The third-order valence-corrected chi connectivity index (χ3v) is 11.9. The highest BCUT2D eigenvalue weighted by atomic mass is 16.8. The number of nitrogens with one attached hydrogen (secondary N) is 2. The molecule has 64 heavy (non-hydrogen) atoms. The van der Waals surface area contributed by atoms with Crippen LogP contribution in [-0.2, 0) is 66.5 Å². The fourth-order valence-electron chi connectivity index (χ4n) is 8.42. The minimum absolute atomic E-state index is 0.809. The predicted octanol–water partition coefficient (Wildman–Crippen LogP) is -8.60. The molecule has 0 saturated carbocycles. The standard InChI is InChI=1S/C37H60N2O25/c1-9(43)32(53)59-26-16(8-42)58-34-18(39-13(5)45)28(26)61-33-17(38-12(4)44)27(22(49)15(7-41)56-33)60-37-31(25(52)21(48)14(6-40)57-37)64-36-30(24(51)20(47)11(3)55-36)63-35-29(62-34)23(50)19(46)10(2)54-35/h9-11,14-31,33-37,40-43,46-52H,6-8H2,1-5H3,(H,38,44)(H,39,45)/t9-,10+,11+,14-,15-,16-,17-,18-,19+,20+,21+,22-,23-,24-,25+,26-,27-,28-,29-,30-,31-,33-,34+,35+,36+,37-/m1/s1. The summed E-state index contributed by atoms with van der Waals surface area (Å²) in [5.41, 5.74) is 0. The average molecular weight is 933 g/mol. The summed E-state index contributed by atoms with van der Waals surface area (Å²) in [7, 11) is 0. The Bertz CT molecular complexity index is 1580. The Morgan fingerprint density at radius 1 is 0.484 bits per heavy atom. The van der Waals surface area contributed by atoms with Crippen molar-refractivity contribution in [1.82, 2.24) is 10.6 Å². The van der Waals surface area contributed by atoms with Gasteiger partial charge in [0.2, 0.25) is 11.8 Å². The van der Waals surface area contributed by atoms with E-state index in [2.05, 4.69) is 10.6 Å². The van der Waals surface area contributed by atoms with E-state index in [0.29, 0.717) is 0 Å². The molecular formula is C37H60N2O25. The summed E-state index contributed by atoms with van der Waals surface area (Å²) in [6, 6.07) is -3.45. The van der Waals surface area contributed by atoms with Crippen LogP contribution in [0.2, 0.25) is 0 Å². The Labute approximate surface area is 364 Å². The van der Waals surface area contributed by atoms with Crippen LogP contribution in [0.5, 0.6) is 0 Å². The molecule has 0 aromatic carbocycles. The molecule has 6 heterocycles. The van der Waals surface area contributed by atoms with Crippen LogP contribution in [-0.4, -0.2) is 253 Å². The first-order valence-corrected chi connectivity index (χ1v) is 20.8. The lowest BCUT2D eigenvalue weighted by Crippen LogP contribution is -2.72. The number of rotatable bonds is 7. The first-order valence-electron chi connectivity index (χ1n) is 20.8. The van der Waals surface area contributed by atoms with Crippen molar-refractivity contribution in [3.63, 3.8) is 0 Å². The lowest BCUT2D eigenvalue weighted by Gasteiger charge is -2.51. The van der Waals surface area contributed by atoms with Crippen LogP contribution in [0.15, 0.2) is 0 Å². The van der Waals surface area contributed by atoms with Gasteiger partial charge in [-0.1, -0.05) is 0 Å². The molecule has 6 rings (SSSR count). The van der Waals surface area contributed by atoms with Crippen molar-refractivity contribution in [3.05, 3.63) is 0 Å². The minimum Gasteiger partial charge on any atom is -0.455 e. The zero-order chi connectivity index (χ0) is 47.1. The quantitative estimate of drug-likeness (QED) is 0.105. The van der Waals surface area contributed by atoms with Crippen molar-refractivity contribution in [1.29, 1.82) is 0 Å². The monoisotopic (exact) mass is 932 g/mol. The van der Waals surface area contributed by atoms with Crippen LogP contribution in [0.25, 0.3) is 0 Å². The number of hydrogen-bond acceptors (Lipinski definition) is 25. The number of fused-ring (bicyclic) bond motifs is 7. The number of aliphatic hydroxyl groups excluding tert-OH is 11. The molecule has 0 aromatic heterocycles. The van der Waals surface area contributed by atoms with E-state index in [1.54, 1.807) is 0 Å². The number of aliphatic hydroxyl groups is 11. The van der Waals surface area contributed by atoms with E-state index in [0.717, 1.165) is 20.8 Å². The van der Waals surface area contributed by atoms with Crippen molar-refractivity contribution in [2.45, 2.75) is 194 Å². The van der Waals surface area contributed by atoms with Gasteiger partial charge >= 0.3 is 5.97 Å². The van der Waals surface area contributed by atoms with Gasteiger partial charge < -0.3 is 119 Å². The van der Waals surface area contributed by atoms with Crippen molar-refractivity contribution < 1.29 is 123 Å². The second-order valence-corrected chi connectivity index (χ2v) is 16.6. The maximum Gasteiger partial charge on any atom is 0.335 e. The smallest absolute Gasteiger partial charge is 0.335 e. The van der Waals surface area contributed by atoms with Crippen LogP contribution >= 0.6 is 0 Å². The van der Waals surface area contributed by atoms with Crippen molar-refractivity contribution >= 4 is 17.8 Å². The molecule has 0 unspecified atom stereocenters. The highest BCUT2D eigenvalue weighted by molar-refractivity contribution is 5.75. The third-order valence-electron chi connectivity index (χ3n) is 11.9. The molecule has 6 fully saturated rings. The van der Waals surface area contributed by atoms with Gasteiger partial charge in [0.1, 0.15) is 110 Å². The van der Waals surface area contributed by atoms with Crippen LogP contribution < -0.4 is 10.6 Å². The number of hydrogen-bond donors (Lipinski definition) is 13. The summed E-state index contributed by atoms with van der Waals surface area (Å²) >= 11 is 0. The second kappa shape index (κ2) is 21.3. The SMILES string of the molecule is CC(=O)N[C@H]1[C@@H]2O[C@H]3[C@H](O[C@H]4[C@H](O[C@H]5[C@@H](O[C@H]6[C@H](O)[C@@H](CO)O[C@H](O[C@H]1[C@H](OC(=O)[C@@H](C)O)[C@@H](CO)O2)[C@@H]6NC(C)=O)O[C@H](CO)[C@H](O)[C@@H]5O)O[C@@H](C)[C@H](O)[C@H]4O)O[C@@H](C)[C@H](O)[C@H]3O. The third kappa shape index (κ3) is 10.5. The van der Waals surface area contributed by atoms with Gasteiger partial charge in [0.05, 0.1) is 32.0 Å². The van der Waals surface area contributed by atoms with Gasteiger partial charge in [-0.3, -0.25) is 9.59 Å². The van der Waals surface area contributed by atoms with Crippen molar-refractivity contribution in [2.24, 2.45) is 0 Å². The van der Waals surface area contributed by atoms with E-state index in [1.165, 1.54) is 13.8 Å². The van der Waals surface area contributed by atoms with Crippen molar-refractivity contribution in [2.75, 3.05) is 19.8 Å². The van der Waals surface area contributed by atoms with Gasteiger partial charge in [-0.2, -0.15) is 0 Å². The number of ether oxygens (including phenoxy) is 11. The number of amides is 2. The second-order valence-electron chi connectivity index (χ2n) is 16.6. The van der Waals surface area contributed by atoms with Crippen molar-refractivity contribution in [3.8, 4) is 0 Å². The van der Waals surface area contributed by atoms with Crippen LogP contribution in [0.1, 0.15) is 34.6 Å². The maximum atomic E-state index is 13.0. The van der Waals surface area contributed by atoms with Gasteiger partial charge in [0.15, 0.2) is 37.6 Å². The molecule has 368 valence electrons. The number of carbonyl (C=O) groups excluding carboxylic acids is 3. The summed E-state index contributed by atoms with van der Waals surface area (Å²) < 4.78 is 66.6. The normalized spacial score (nSPS) is 49.4. The average Bonchev–Trinajstić information content (AvgIpc) is 3.24. The lowest BCUT2D eigenvalue weighted by molar-refractivity contribution is -0.402. The van der Waals surface area contributed by atoms with E-state index >= 15 is 0 Å². The Hall–Kier alpha value is -2.43. The van der Waals surface area contributed by atoms with Crippen LogP contribution in [0, 0.1) is 0 Å². The van der Waals surface area contributed by atoms with Gasteiger partial charge in [-0.25, -0.2) is 4.79 Å². The first-order chi connectivity index (χ1) is 30.2. The van der Waals surface area contributed by atoms with E-state index < -0.39 is 197 Å². The van der Waals surface area contributed by atoms with Gasteiger partial charge in [-0.05, 0) is 20.8 Å². The fourth-order valence-corrected chi connectivity index (χ4v) is 8.42. The lowest BCUT2D eigenvalue weighted by atomic mass is 9.93. The van der Waals surface area contributed by atoms with E-state index in [-0.39, 0.29) is 0 Å². The minimum atomic E-state index is -2.05. The molecule has 0 radical (unpaired) electrons. The molecule has 6 saturated heterocycles. The molecule has 26 atom stereocenters. The fraction of sp³-hybridized carbons (Fsp3) is 0.919. The molecule has 4 bridgehead atoms. The van der Waals surface area contributed by atoms with Gasteiger partial charge in [0, 0.05) is 13.8 Å². The van der Waals surface area contributed by atoms with E-state index in [1.807, 2.05) is 0 Å². The Morgan fingerprint density at radius 2 is 0.844 bits per heavy atom. The predicted molar refractivity (Wildman–Crippen MR) is 199 cm³/mol. The van der Waals surface area contributed by atoms with Crippen LogP contribution in [0.3, 0.4) is 0 Å². The summed E-state index contributed by atoms with van der Waals surface area (Å²) in [6.45, 7) is 2.95. The molecule has 0 aromatic rings. The molecule has 0 aliphatic carbocycles. The first kappa shape index (κ1) is 51.0. The molecular weight excluding hydrogens is 872 g/mol. The highest BCUT2D eigenvalue weighted by Crippen LogP contribution is 2.39. The molecule has 2 amide bonds. The molecule has 6 aliphatic rings. The van der Waals surface area contributed by atoms with Gasteiger partial charge in [-0.15, -0.1) is 0 Å². The maximum absolute atomic E-state index is 13.0. The zero-order valence-electron chi connectivity index (χ0n) is 35.3. The zero-order valence-corrected chi connectivity index (χ0v) is 35.3. The molecule has 27 nitrogen and oxygen atoms in total. The summed E-state index contributed by atoms with van der Waals surface area (Å²) in [4.78, 5) is 38.9. The highest BCUT2D eigenvalue weighted by Gasteiger charge is 2.59. The van der Waals surface area contributed by atoms with E-state index in [9.17, 15) is 70.6 Å². The molecule has 13 N–H and O–H groups in total. The topological polar surface area (TPSA) is 399 Å². The number of carbonyl (C=O) groups is 3. The Kier molecular flexibility index (Phi) is 16.9. The summed E-state index contributed by atoms with van der Waals surface area (Å²) in [5, 5.41) is 126. The summed E-state index contributed by atoms with van der Waals surface area (Å²) in [5.74, 6) is -2.91. The van der Waals surface area contributed by atoms with E-state index in [4.69, 9.17) is 52.1 Å². The largest absolute Gasteiger partial charge is 0.455 e. The molecule has 6 aliphatic heterocycles. The summed E-state index contributed by atoms with van der Waals surface area (Å²) in [6.07, 6.45) is -43.3.